The van der Waals surface area contributed by atoms with E-state index >= 15 is 0 Å². The summed E-state index contributed by atoms with van der Waals surface area (Å²) in [4.78, 5) is 26.2. The quantitative estimate of drug-likeness (QED) is 0.354. The van der Waals surface area contributed by atoms with Crippen LogP contribution in [0, 0.1) is 10.1 Å². The van der Waals surface area contributed by atoms with Crippen LogP contribution in [-0.4, -0.2) is 55.6 Å². The number of anilines is 1. The first-order valence-electron chi connectivity index (χ1n) is 9.54. The maximum absolute atomic E-state index is 12.9. The minimum Gasteiger partial charge on any atom is -0.493 e. The first kappa shape index (κ1) is 24.0. The number of rotatable bonds is 6. The number of methoxy groups -OCH3 is 1. The van der Waals surface area contributed by atoms with Gasteiger partial charge in [0.05, 0.1) is 17.6 Å². The Hall–Kier alpha value is -3.64. The summed E-state index contributed by atoms with van der Waals surface area (Å²) in [5.74, 6) is -0.776. The van der Waals surface area contributed by atoms with Crippen molar-refractivity contribution in [1.29, 1.82) is 0 Å². The predicted octanol–water partition coefficient (Wildman–Crippen LogP) is 4.19. The van der Waals surface area contributed by atoms with Crippen molar-refractivity contribution < 1.29 is 41.1 Å². The third-order valence-corrected chi connectivity index (χ3v) is 5.03. The average molecular weight is 475 g/mol. The normalized spacial score (nSPS) is 14.4. The van der Waals surface area contributed by atoms with Crippen LogP contribution in [0.15, 0.2) is 36.4 Å². The Labute approximate surface area is 184 Å². The zero-order valence-corrected chi connectivity index (χ0v) is 17.1. The lowest BCUT2D eigenvalue weighted by atomic mass is 10.1. The van der Waals surface area contributed by atoms with E-state index in [1.807, 2.05) is 0 Å². The van der Waals surface area contributed by atoms with Crippen molar-refractivity contribution in [3.8, 4) is 11.5 Å². The van der Waals surface area contributed by atoms with Crippen LogP contribution in [-0.2, 0) is 6.18 Å². The maximum Gasteiger partial charge on any atom is 0.416 e. The maximum atomic E-state index is 12.9. The zero-order valence-electron chi connectivity index (χ0n) is 17.1. The molecule has 0 spiro atoms. The number of halogens is 5. The first-order chi connectivity index (χ1) is 15.5. The van der Waals surface area contributed by atoms with Crippen LogP contribution in [0.5, 0.6) is 11.5 Å². The molecule has 13 heteroatoms. The van der Waals surface area contributed by atoms with E-state index in [0.717, 1.165) is 18.2 Å². The largest absolute Gasteiger partial charge is 0.493 e. The summed E-state index contributed by atoms with van der Waals surface area (Å²) in [7, 11) is 1.26. The Morgan fingerprint density at radius 3 is 2.27 bits per heavy atom. The number of hydrogen-bond acceptors (Lipinski definition) is 6. The van der Waals surface area contributed by atoms with E-state index in [0.29, 0.717) is 6.07 Å². The van der Waals surface area contributed by atoms with Gasteiger partial charge in [0.15, 0.2) is 11.5 Å². The monoisotopic (exact) mass is 475 g/mol. The highest BCUT2D eigenvalue weighted by atomic mass is 19.4. The van der Waals surface area contributed by atoms with E-state index in [1.54, 1.807) is 0 Å². The second kappa shape index (κ2) is 9.46. The standard InChI is InChI=1S/C20H18F5N3O5/c1-32-16-5-2-12(10-17(16)33-19(21)22)18(29)27-8-6-26(7-9-27)14-4-3-13(20(23,24)25)11-15(14)28(30)31/h2-5,10-11,19H,6-9H2,1H3. The van der Waals surface area contributed by atoms with E-state index in [4.69, 9.17) is 4.74 Å². The molecular weight excluding hydrogens is 457 g/mol. The number of hydrogen-bond donors (Lipinski definition) is 0. The van der Waals surface area contributed by atoms with Crippen LogP contribution in [0.25, 0.3) is 0 Å². The van der Waals surface area contributed by atoms with Crippen molar-refractivity contribution in [1.82, 2.24) is 4.90 Å². The smallest absolute Gasteiger partial charge is 0.416 e. The van der Waals surface area contributed by atoms with Crippen LogP contribution in [0.1, 0.15) is 15.9 Å². The molecule has 3 rings (SSSR count). The second-order valence-corrected chi connectivity index (χ2v) is 6.98. The fraction of sp³-hybridized carbons (Fsp3) is 0.350. The fourth-order valence-corrected chi connectivity index (χ4v) is 3.44. The summed E-state index contributed by atoms with van der Waals surface area (Å²) < 4.78 is 73.3. The van der Waals surface area contributed by atoms with E-state index in [9.17, 15) is 36.9 Å². The molecule has 0 aliphatic carbocycles. The molecule has 1 heterocycles. The summed E-state index contributed by atoms with van der Waals surface area (Å²) in [6.45, 7) is -2.67. The summed E-state index contributed by atoms with van der Waals surface area (Å²) in [5, 5.41) is 11.3. The van der Waals surface area contributed by atoms with Gasteiger partial charge in [0.25, 0.3) is 11.6 Å². The number of alkyl halides is 5. The molecule has 178 valence electrons. The van der Waals surface area contributed by atoms with Crippen LogP contribution >= 0.6 is 0 Å². The van der Waals surface area contributed by atoms with Crippen molar-refractivity contribution in [2.75, 3.05) is 38.2 Å². The fourth-order valence-electron chi connectivity index (χ4n) is 3.44. The lowest BCUT2D eigenvalue weighted by Gasteiger charge is -2.36. The number of amides is 1. The van der Waals surface area contributed by atoms with E-state index < -0.39 is 34.9 Å². The van der Waals surface area contributed by atoms with Crippen LogP contribution in [0.3, 0.4) is 0 Å². The number of benzene rings is 2. The Bertz CT molecular complexity index is 1040. The van der Waals surface area contributed by atoms with E-state index in [1.165, 1.54) is 29.0 Å². The third kappa shape index (κ3) is 5.41. The molecule has 1 aliphatic heterocycles. The SMILES string of the molecule is COc1ccc(C(=O)N2CCN(c3ccc(C(F)(F)F)cc3[N+](=O)[O-])CC2)cc1OC(F)F. The molecule has 0 radical (unpaired) electrons. The molecule has 2 aromatic carbocycles. The number of nitro benzene ring substituents is 1. The molecule has 8 nitrogen and oxygen atoms in total. The van der Waals surface area contributed by atoms with E-state index in [-0.39, 0.29) is 48.9 Å². The molecule has 1 amide bonds. The molecule has 0 unspecified atom stereocenters. The summed E-state index contributed by atoms with van der Waals surface area (Å²) >= 11 is 0. The number of piperazine rings is 1. The number of nitro groups is 1. The molecular formula is C20H18F5N3O5. The highest BCUT2D eigenvalue weighted by Gasteiger charge is 2.34. The lowest BCUT2D eigenvalue weighted by Crippen LogP contribution is -2.49. The minimum atomic E-state index is -4.72. The second-order valence-electron chi connectivity index (χ2n) is 6.98. The zero-order chi connectivity index (χ0) is 24.3. The molecule has 0 atom stereocenters. The summed E-state index contributed by atoms with van der Waals surface area (Å²) in [6.07, 6.45) is -4.72. The van der Waals surface area contributed by atoms with Crippen LogP contribution in [0.2, 0.25) is 0 Å². The van der Waals surface area contributed by atoms with Gasteiger partial charge in [-0.1, -0.05) is 0 Å². The molecule has 0 saturated carbocycles. The van der Waals surface area contributed by atoms with Crippen molar-refractivity contribution in [2.24, 2.45) is 0 Å². The predicted molar refractivity (Wildman–Crippen MR) is 106 cm³/mol. The van der Waals surface area contributed by atoms with Crippen molar-refractivity contribution in [3.05, 3.63) is 57.6 Å². The van der Waals surface area contributed by atoms with Crippen LogP contribution in [0.4, 0.5) is 33.3 Å². The highest BCUT2D eigenvalue weighted by Crippen LogP contribution is 2.37. The van der Waals surface area contributed by atoms with Gasteiger partial charge < -0.3 is 19.3 Å². The van der Waals surface area contributed by atoms with Crippen molar-refractivity contribution >= 4 is 17.3 Å². The molecule has 33 heavy (non-hydrogen) atoms. The first-order valence-corrected chi connectivity index (χ1v) is 9.54. The van der Waals surface area contributed by atoms with Gasteiger partial charge in [-0.15, -0.1) is 0 Å². The molecule has 0 N–H and O–H groups in total. The number of carbonyl (C=O) groups is 1. The minimum absolute atomic E-state index is 0.0113. The number of nitrogens with zero attached hydrogens (tertiary/aromatic N) is 3. The molecule has 1 fully saturated rings. The lowest BCUT2D eigenvalue weighted by molar-refractivity contribution is -0.384. The van der Waals surface area contributed by atoms with Gasteiger partial charge in [-0.3, -0.25) is 14.9 Å². The molecule has 2 aromatic rings. The molecule has 0 aromatic heterocycles. The number of ether oxygens (including phenoxy) is 2. The Morgan fingerprint density at radius 1 is 1.06 bits per heavy atom. The Kier molecular flexibility index (Phi) is 6.89. The van der Waals surface area contributed by atoms with Gasteiger partial charge >= 0.3 is 12.8 Å². The van der Waals surface area contributed by atoms with Gasteiger partial charge in [-0.05, 0) is 30.3 Å². The Balaban J connectivity index is 1.75. The average Bonchev–Trinajstić information content (AvgIpc) is 2.77. The van der Waals surface area contributed by atoms with Gasteiger partial charge in [-0.2, -0.15) is 22.0 Å². The summed E-state index contributed by atoms with van der Waals surface area (Å²) in [5.41, 5.74) is -1.74. The van der Waals surface area contributed by atoms with Crippen LogP contribution < -0.4 is 14.4 Å². The van der Waals surface area contributed by atoms with Gasteiger partial charge in [0.2, 0.25) is 0 Å². The molecule has 1 aliphatic rings. The molecule has 0 bridgehead atoms. The van der Waals surface area contributed by atoms with Gasteiger partial charge in [-0.25, -0.2) is 0 Å². The van der Waals surface area contributed by atoms with E-state index in [2.05, 4.69) is 4.74 Å². The summed E-state index contributed by atoms with van der Waals surface area (Å²) in [6, 6.07) is 6.10. The van der Waals surface area contributed by atoms with Gasteiger partial charge in [0, 0.05) is 37.8 Å². The topological polar surface area (TPSA) is 85.2 Å². The van der Waals surface area contributed by atoms with Crippen molar-refractivity contribution in [3.63, 3.8) is 0 Å². The number of carbonyl (C=O) groups excluding carboxylic acids is 1. The van der Waals surface area contributed by atoms with Crippen molar-refractivity contribution in [2.45, 2.75) is 12.8 Å². The van der Waals surface area contributed by atoms with Gasteiger partial charge in [0.1, 0.15) is 5.69 Å². The molecule has 1 saturated heterocycles. The Morgan fingerprint density at radius 2 is 1.73 bits per heavy atom. The third-order valence-electron chi connectivity index (χ3n) is 5.03. The highest BCUT2D eigenvalue weighted by molar-refractivity contribution is 5.95.